The van der Waals surface area contributed by atoms with Gasteiger partial charge in [0.25, 0.3) is 10.0 Å². The van der Waals surface area contributed by atoms with Crippen LogP contribution in [0.3, 0.4) is 0 Å². The maximum atomic E-state index is 15.2. The Hall–Kier alpha value is -4.70. The summed E-state index contributed by atoms with van der Waals surface area (Å²) in [5.74, 6) is -1.33. The normalized spacial score (nSPS) is 12.0. The zero-order valence-electron chi connectivity index (χ0n) is 25.8. The molecule has 0 saturated carbocycles. The van der Waals surface area contributed by atoms with Gasteiger partial charge in [0.2, 0.25) is 11.8 Å². The van der Waals surface area contributed by atoms with Crippen LogP contribution in [-0.2, 0) is 32.6 Å². The van der Waals surface area contributed by atoms with Gasteiger partial charge in [-0.15, -0.1) is 0 Å². The summed E-state index contributed by atoms with van der Waals surface area (Å²) in [4.78, 5) is 29.5. The molecular weight excluding hydrogens is 593 g/mol. The molecule has 2 amide bonds. The van der Waals surface area contributed by atoms with Gasteiger partial charge in [-0.05, 0) is 68.3 Å². The standard InChI is InChI=1S/C35H38FN3O5S/c1-25(2)37-35(41)33(22-27-11-6-5-7-12-27)38(23-28-13-10-14-29(21-28)44-4)34(40)24-39(32-16-9-8-15-31(32)36)45(42,43)30-19-17-26(3)18-20-30/h5-21,25,33H,22-24H2,1-4H3,(H,37,41)/t33-/m0/s1. The summed E-state index contributed by atoms with van der Waals surface area (Å²) in [6.07, 6.45) is 0.166. The van der Waals surface area contributed by atoms with E-state index in [0.717, 1.165) is 21.5 Å². The highest BCUT2D eigenvalue weighted by molar-refractivity contribution is 7.92. The Balaban J connectivity index is 1.82. The predicted molar refractivity (Wildman–Crippen MR) is 173 cm³/mol. The molecule has 0 aliphatic heterocycles. The van der Waals surface area contributed by atoms with Gasteiger partial charge < -0.3 is 15.0 Å². The largest absolute Gasteiger partial charge is 0.497 e. The van der Waals surface area contributed by atoms with E-state index in [9.17, 15) is 18.0 Å². The lowest BCUT2D eigenvalue weighted by molar-refractivity contribution is -0.140. The van der Waals surface area contributed by atoms with Crippen molar-refractivity contribution in [1.29, 1.82) is 0 Å². The van der Waals surface area contributed by atoms with Crippen molar-refractivity contribution >= 4 is 27.5 Å². The van der Waals surface area contributed by atoms with E-state index < -0.39 is 40.2 Å². The summed E-state index contributed by atoms with van der Waals surface area (Å²) < 4.78 is 49.4. The van der Waals surface area contributed by atoms with Crippen LogP contribution < -0.4 is 14.4 Å². The summed E-state index contributed by atoms with van der Waals surface area (Å²) >= 11 is 0. The van der Waals surface area contributed by atoms with Crippen LogP contribution in [0.15, 0.2) is 108 Å². The topological polar surface area (TPSA) is 96.0 Å². The van der Waals surface area contributed by atoms with E-state index in [1.165, 1.54) is 42.3 Å². The number of carbonyl (C=O) groups excluding carboxylic acids is 2. The molecule has 45 heavy (non-hydrogen) atoms. The number of nitrogens with zero attached hydrogens (tertiary/aromatic N) is 2. The highest BCUT2D eigenvalue weighted by Crippen LogP contribution is 2.28. The molecule has 0 radical (unpaired) electrons. The van der Waals surface area contributed by atoms with Crippen molar-refractivity contribution in [2.24, 2.45) is 0 Å². The Morgan fingerprint density at radius 1 is 0.867 bits per heavy atom. The number of carbonyl (C=O) groups is 2. The first kappa shape index (κ1) is 33.2. The summed E-state index contributed by atoms with van der Waals surface area (Å²) in [5.41, 5.74) is 2.03. The molecule has 8 nitrogen and oxygen atoms in total. The summed E-state index contributed by atoms with van der Waals surface area (Å²) in [5, 5.41) is 2.91. The molecule has 0 saturated heterocycles. The van der Waals surface area contributed by atoms with Gasteiger partial charge in [0.15, 0.2) is 0 Å². The van der Waals surface area contributed by atoms with E-state index in [0.29, 0.717) is 11.3 Å². The molecule has 0 unspecified atom stereocenters. The minimum atomic E-state index is -4.40. The van der Waals surface area contributed by atoms with Crippen molar-refractivity contribution in [3.8, 4) is 5.75 Å². The second-order valence-electron chi connectivity index (χ2n) is 11.0. The zero-order chi connectivity index (χ0) is 32.6. The third kappa shape index (κ3) is 8.48. The lowest BCUT2D eigenvalue weighted by Gasteiger charge is -2.34. The van der Waals surface area contributed by atoms with Crippen LogP contribution in [0.5, 0.6) is 5.75 Å². The molecule has 1 atom stereocenters. The Kier molecular flexibility index (Phi) is 11.0. The van der Waals surface area contributed by atoms with E-state index in [1.807, 2.05) is 51.1 Å². The number of hydrogen-bond acceptors (Lipinski definition) is 5. The SMILES string of the molecule is COc1cccc(CN(C(=O)CN(c2ccccc2F)S(=O)(=O)c2ccc(C)cc2)[C@@H](Cc2ccccc2)C(=O)NC(C)C)c1. The first-order valence-electron chi connectivity index (χ1n) is 14.6. The van der Waals surface area contributed by atoms with E-state index in [2.05, 4.69) is 5.32 Å². The van der Waals surface area contributed by atoms with Gasteiger partial charge in [0, 0.05) is 19.0 Å². The highest BCUT2D eigenvalue weighted by atomic mass is 32.2. The Morgan fingerprint density at radius 2 is 1.51 bits per heavy atom. The number of hydrogen-bond donors (Lipinski definition) is 1. The van der Waals surface area contributed by atoms with Crippen LogP contribution in [0, 0.1) is 12.7 Å². The molecular formula is C35H38FN3O5S. The summed E-state index contributed by atoms with van der Waals surface area (Å²) in [6.45, 7) is 4.68. The summed E-state index contributed by atoms with van der Waals surface area (Å²) in [7, 11) is -2.88. The predicted octanol–water partition coefficient (Wildman–Crippen LogP) is 5.50. The number of para-hydroxylation sites is 1. The second-order valence-corrected chi connectivity index (χ2v) is 12.9. The van der Waals surface area contributed by atoms with Gasteiger partial charge >= 0.3 is 0 Å². The fourth-order valence-electron chi connectivity index (χ4n) is 4.91. The number of methoxy groups -OCH3 is 1. The van der Waals surface area contributed by atoms with Gasteiger partial charge in [-0.1, -0.05) is 72.3 Å². The van der Waals surface area contributed by atoms with Gasteiger partial charge in [-0.3, -0.25) is 13.9 Å². The van der Waals surface area contributed by atoms with Crippen LogP contribution in [0.2, 0.25) is 0 Å². The Labute approximate surface area is 264 Å². The number of anilines is 1. The third-order valence-electron chi connectivity index (χ3n) is 7.20. The summed E-state index contributed by atoms with van der Waals surface area (Å²) in [6, 6.07) is 26.6. The van der Waals surface area contributed by atoms with Crippen molar-refractivity contribution in [2.45, 2.75) is 50.7 Å². The zero-order valence-corrected chi connectivity index (χ0v) is 26.6. The maximum absolute atomic E-state index is 15.2. The quantitative estimate of drug-likeness (QED) is 0.210. The number of ether oxygens (including phenoxy) is 1. The molecule has 4 aromatic rings. The van der Waals surface area contributed by atoms with Crippen molar-refractivity contribution < 1.29 is 27.1 Å². The van der Waals surface area contributed by atoms with E-state index in [4.69, 9.17) is 4.74 Å². The number of aryl methyl sites for hydroxylation is 1. The number of rotatable bonds is 13. The van der Waals surface area contributed by atoms with Crippen LogP contribution in [0.1, 0.15) is 30.5 Å². The van der Waals surface area contributed by atoms with Crippen LogP contribution in [0.25, 0.3) is 0 Å². The first-order valence-corrected chi connectivity index (χ1v) is 16.0. The van der Waals surface area contributed by atoms with Crippen molar-refractivity contribution in [3.63, 3.8) is 0 Å². The molecule has 0 heterocycles. The van der Waals surface area contributed by atoms with Crippen LogP contribution in [-0.4, -0.2) is 50.9 Å². The van der Waals surface area contributed by atoms with Gasteiger partial charge in [0.05, 0.1) is 17.7 Å². The molecule has 4 rings (SSSR count). The number of nitrogens with one attached hydrogen (secondary N) is 1. The van der Waals surface area contributed by atoms with Crippen molar-refractivity contribution in [3.05, 3.63) is 126 Å². The number of sulfonamides is 1. The number of benzene rings is 4. The monoisotopic (exact) mass is 631 g/mol. The fraction of sp³-hybridized carbons (Fsp3) is 0.257. The van der Waals surface area contributed by atoms with Gasteiger partial charge in [-0.25, -0.2) is 12.8 Å². The lowest BCUT2D eigenvalue weighted by Crippen LogP contribution is -2.54. The molecule has 10 heteroatoms. The second kappa shape index (κ2) is 14.9. The third-order valence-corrected chi connectivity index (χ3v) is 8.97. The number of amides is 2. The van der Waals surface area contributed by atoms with Crippen molar-refractivity contribution in [1.82, 2.24) is 10.2 Å². The molecule has 4 aromatic carbocycles. The minimum absolute atomic E-state index is 0.0330. The fourth-order valence-corrected chi connectivity index (χ4v) is 6.33. The Bertz CT molecular complexity index is 1710. The molecule has 0 bridgehead atoms. The molecule has 1 N–H and O–H groups in total. The smallest absolute Gasteiger partial charge is 0.264 e. The van der Waals surface area contributed by atoms with E-state index >= 15 is 4.39 Å². The van der Waals surface area contributed by atoms with Gasteiger partial charge in [0.1, 0.15) is 24.2 Å². The maximum Gasteiger partial charge on any atom is 0.264 e. The average molecular weight is 632 g/mol. The van der Waals surface area contributed by atoms with Crippen molar-refractivity contribution in [2.75, 3.05) is 18.0 Å². The van der Waals surface area contributed by atoms with Crippen LogP contribution in [0.4, 0.5) is 10.1 Å². The Morgan fingerprint density at radius 3 is 2.16 bits per heavy atom. The van der Waals surface area contributed by atoms with E-state index in [-0.39, 0.29) is 29.6 Å². The molecule has 0 aromatic heterocycles. The van der Waals surface area contributed by atoms with Crippen LogP contribution >= 0.6 is 0 Å². The first-order chi connectivity index (χ1) is 21.5. The van der Waals surface area contributed by atoms with Gasteiger partial charge in [-0.2, -0.15) is 0 Å². The lowest BCUT2D eigenvalue weighted by atomic mass is 10.0. The highest BCUT2D eigenvalue weighted by Gasteiger charge is 2.35. The van der Waals surface area contributed by atoms with E-state index in [1.54, 1.807) is 36.4 Å². The average Bonchev–Trinajstić information content (AvgIpc) is 3.02. The molecule has 0 spiro atoms. The molecule has 0 aliphatic carbocycles. The number of halogens is 1. The minimum Gasteiger partial charge on any atom is -0.497 e. The molecule has 0 fully saturated rings. The molecule has 0 aliphatic rings. The molecule has 236 valence electrons.